The normalized spacial score (nSPS) is 15.4. The van der Waals surface area contributed by atoms with E-state index in [2.05, 4.69) is 40.5 Å². The average Bonchev–Trinajstić information content (AvgIpc) is 2.63. The van der Waals surface area contributed by atoms with E-state index < -0.39 is 5.97 Å². The average molecular weight is 324 g/mol. The second-order valence-corrected chi connectivity index (χ2v) is 6.30. The number of nitrogens with zero attached hydrogens (tertiary/aromatic N) is 1. The second-order valence-electron chi connectivity index (χ2n) is 6.30. The Hall–Kier alpha value is -2.33. The van der Waals surface area contributed by atoms with Gasteiger partial charge in [0.2, 0.25) is 0 Å². The summed E-state index contributed by atoms with van der Waals surface area (Å²) in [6.07, 6.45) is 3.31. The summed E-state index contributed by atoms with van der Waals surface area (Å²) in [5.74, 6) is -0.872. The highest BCUT2D eigenvalue weighted by molar-refractivity contribution is 5.88. The van der Waals surface area contributed by atoms with Gasteiger partial charge in [-0.05, 0) is 55.6 Å². The predicted octanol–water partition coefficient (Wildman–Crippen LogP) is 3.19. The van der Waals surface area contributed by atoms with Gasteiger partial charge in [-0.15, -0.1) is 0 Å². The zero-order valence-corrected chi connectivity index (χ0v) is 13.8. The molecule has 1 aliphatic heterocycles. The van der Waals surface area contributed by atoms with Gasteiger partial charge in [0.05, 0.1) is 5.56 Å². The van der Waals surface area contributed by atoms with Gasteiger partial charge in [0, 0.05) is 24.8 Å². The van der Waals surface area contributed by atoms with Crippen LogP contribution in [0.1, 0.15) is 28.8 Å². The minimum Gasteiger partial charge on any atom is -0.478 e. The SMILES string of the molecule is O=C(O)c1ccc(N2CCC(NCCc3ccccc3)CC2)cc1. The molecule has 1 saturated heterocycles. The van der Waals surface area contributed by atoms with Crippen LogP contribution in [-0.4, -0.2) is 36.8 Å². The van der Waals surface area contributed by atoms with Gasteiger partial charge in [-0.25, -0.2) is 4.79 Å². The zero-order chi connectivity index (χ0) is 16.8. The van der Waals surface area contributed by atoms with E-state index in [1.165, 1.54) is 5.56 Å². The van der Waals surface area contributed by atoms with E-state index in [9.17, 15) is 4.79 Å². The minimum absolute atomic E-state index is 0.344. The van der Waals surface area contributed by atoms with Crippen molar-refractivity contribution >= 4 is 11.7 Å². The fourth-order valence-electron chi connectivity index (χ4n) is 3.22. The van der Waals surface area contributed by atoms with E-state index in [0.717, 1.165) is 44.6 Å². The number of hydrogen-bond acceptors (Lipinski definition) is 3. The molecule has 0 aliphatic carbocycles. The fourth-order valence-corrected chi connectivity index (χ4v) is 3.22. The molecule has 2 aromatic carbocycles. The Kier molecular flexibility index (Phi) is 5.49. The number of carbonyl (C=O) groups is 1. The summed E-state index contributed by atoms with van der Waals surface area (Å²) in [5, 5.41) is 12.6. The number of carboxylic acid groups (broad SMARTS) is 1. The molecule has 0 aromatic heterocycles. The number of carboxylic acids is 1. The summed E-state index contributed by atoms with van der Waals surface area (Å²) in [7, 11) is 0. The molecule has 3 rings (SSSR count). The van der Waals surface area contributed by atoms with Crippen LogP contribution >= 0.6 is 0 Å². The molecule has 0 radical (unpaired) electrons. The highest BCUT2D eigenvalue weighted by atomic mass is 16.4. The van der Waals surface area contributed by atoms with E-state index in [4.69, 9.17) is 5.11 Å². The largest absolute Gasteiger partial charge is 0.478 e. The van der Waals surface area contributed by atoms with E-state index in [1.807, 2.05) is 12.1 Å². The fraction of sp³-hybridized carbons (Fsp3) is 0.350. The summed E-state index contributed by atoms with van der Waals surface area (Å²) in [4.78, 5) is 13.2. The van der Waals surface area contributed by atoms with Crippen LogP contribution in [0.2, 0.25) is 0 Å². The maximum absolute atomic E-state index is 10.9. The third kappa shape index (κ3) is 4.36. The van der Waals surface area contributed by atoms with E-state index in [-0.39, 0.29) is 0 Å². The molecule has 1 fully saturated rings. The molecule has 0 atom stereocenters. The summed E-state index contributed by atoms with van der Waals surface area (Å²) in [6, 6.07) is 18.3. The smallest absolute Gasteiger partial charge is 0.335 e. The Morgan fingerprint density at radius 3 is 2.33 bits per heavy atom. The van der Waals surface area contributed by atoms with Gasteiger partial charge in [0.15, 0.2) is 0 Å². The first-order chi connectivity index (χ1) is 11.7. The quantitative estimate of drug-likeness (QED) is 0.857. The summed E-state index contributed by atoms with van der Waals surface area (Å²) < 4.78 is 0. The molecule has 0 unspecified atom stereocenters. The predicted molar refractivity (Wildman–Crippen MR) is 96.8 cm³/mol. The Bertz CT molecular complexity index is 647. The lowest BCUT2D eigenvalue weighted by Crippen LogP contribution is -2.43. The van der Waals surface area contributed by atoms with Crippen molar-refractivity contribution in [3.8, 4) is 0 Å². The topological polar surface area (TPSA) is 52.6 Å². The van der Waals surface area contributed by atoms with Crippen molar-refractivity contribution in [3.05, 3.63) is 65.7 Å². The molecule has 24 heavy (non-hydrogen) atoms. The number of anilines is 1. The van der Waals surface area contributed by atoms with Crippen LogP contribution in [0.3, 0.4) is 0 Å². The summed E-state index contributed by atoms with van der Waals surface area (Å²) >= 11 is 0. The van der Waals surface area contributed by atoms with Crippen molar-refractivity contribution in [1.82, 2.24) is 5.32 Å². The minimum atomic E-state index is -0.872. The summed E-state index contributed by atoms with van der Waals surface area (Å²) in [5.41, 5.74) is 2.83. The highest BCUT2D eigenvalue weighted by Crippen LogP contribution is 2.20. The zero-order valence-electron chi connectivity index (χ0n) is 13.8. The van der Waals surface area contributed by atoms with Crippen LogP contribution in [0.15, 0.2) is 54.6 Å². The van der Waals surface area contributed by atoms with E-state index in [1.54, 1.807) is 12.1 Å². The van der Waals surface area contributed by atoms with Gasteiger partial charge in [-0.2, -0.15) is 0 Å². The van der Waals surface area contributed by atoms with Gasteiger partial charge in [0.1, 0.15) is 0 Å². The van der Waals surface area contributed by atoms with Gasteiger partial charge < -0.3 is 15.3 Å². The molecule has 2 aromatic rings. The number of rotatable bonds is 6. The van der Waals surface area contributed by atoms with Crippen LogP contribution in [0.4, 0.5) is 5.69 Å². The first kappa shape index (κ1) is 16.5. The molecule has 1 aliphatic rings. The molecular weight excluding hydrogens is 300 g/mol. The van der Waals surface area contributed by atoms with Crippen molar-refractivity contribution in [2.45, 2.75) is 25.3 Å². The molecule has 1 heterocycles. The monoisotopic (exact) mass is 324 g/mol. The van der Waals surface area contributed by atoms with Crippen LogP contribution in [0.5, 0.6) is 0 Å². The van der Waals surface area contributed by atoms with Crippen LogP contribution in [-0.2, 0) is 6.42 Å². The number of piperidine rings is 1. The summed E-state index contributed by atoms with van der Waals surface area (Å²) in [6.45, 7) is 3.03. The molecule has 2 N–H and O–H groups in total. The van der Waals surface area contributed by atoms with E-state index >= 15 is 0 Å². The van der Waals surface area contributed by atoms with Crippen LogP contribution < -0.4 is 10.2 Å². The third-order valence-corrected chi connectivity index (χ3v) is 4.66. The van der Waals surface area contributed by atoms with E-state index in [0.29, 0.717) is 11.6 Å². The Balaban J connectivity index is 1.43. The van der Waals surface area contributed by atoms with Gasteiger partial charge in [0.25, 0.3) is 0 Å². The lowest BCUT2D eigenvalue weighted by atomic mass is 10.0. The molecule has 4 nitrogen and oxygen atoms in total. The molecule has 4 heteroatoms. The molecule has 126 valence electrons. The number of benzene rings is 2. The lowest BCUT2D eigenvalue weighted by molar-refractivity contribution is 0.0697. The van der Waals surface area contributed by atoms with Crippen molar-refractivity contribution in [3.63, 3.8) is 0 Å². The highest BCUT2D eigenvalue weighted by Gasteiger charge is 2.19. The number of aromatic carboxylic acids is 1. The Morgan fingerprint density at radius 1 is 1.04 bits per heavy atom. The standard InChI is InChI=1S/C20H24N2O2/c23-20(24)17-6-8-19(9-7-17)22-14-11-18(12-15-22)21-13-10-16-4-2-1-3-5-16/h1-9,18,21H,10-15H2,(H,23,24). The maximum atomic E-state index is 10.9. The number of hydrogen-bond donors (Lipinski definition) is 2. The lowest BCUT2D eigenvalue weighted by Gasteiger charge is -2.34. The van der Waals surface area contributed by atoms with Gasteiger partial charge in [-0.3, -0.25) is 0 Å². The third-order valence-electron chi connectivity index (χ3n) is 4.66. The van der Waals surface area contributed by atoms with Crippen molar-refractivity contribution in [2.75, 3.05) is 24.5 Å². The number of nitrogens with one attached hydrogen (secondary N) is 1. The maximum Gasteiger partial charge on any atom is 0.335 e. The Morgan fingerprint density at radius 2 is 1.71 bits per heavy atom. The first-order valence-corrected chi connectivity index (χ1v) is 8.58. The first-order valence-electron chi connectivity index (χ1n) is 8.58. The van der Waals surface area contributed by atoms with Gasteiger partial charge >= 0.3 is 5.97 Å². The Labute approximate surface area is 143 Å². The van der Waals surface area contributed by atoms with Crippen molar-refractivity contribution in [1.29, 1.82) is 0 Å². The van der Waals surface area contributed by atoms with Crippen molar-refractivity contribution in [2.24, 2.45) is 0 Å². The van der Waals surface area contributed by atoms with Crippen LogP contribution in [0, 0.1) is 0 Å². The molecule has 0 amide bonds. The van der Waals surface area contributed by atoms with Crippen LogP contribution in [0.25, 0.3) is 0 Å². The second kappa shape index (κ2) is 7.97. The molecular formula is C20H24N2O2. The molecule has 0 saturated carbocycles. The molecule has 0 spiro atoms. The molecule has 0 bridgehead atoms. The van der Waals surface area contributed by atoms with Gasteiger partial charge in [-0.1, -0.05) is 30.3 Å². The van der Waals surface area contributed by atoms with Crippen molar-refractivity contribution < 1.29 is 9.90 Å².